The van der Waals surface area contributed by atoms with Crippen molar-refractivity contribution in [3.63, 3.8) is 0 Å². The molecule has 0 aliphatic carbocycles. The molecule has 0 amide bonds. The fourth-order valence-electron chi connectivity index (χ4n) is 2.09. The van der Waals surface area contributed by atoms with Gasteiger partial charge in [-0.25, -0.2) is 0 Å². The number of rotatable bonds is 10. The van der Waals surface area contributed by atoms with Crippen molar-refractivity contribution in [2.24, 2.45) is 5.41 Å². The second-order valence-corrected chi connectivity index (χ2v) is 7.02. The topological polar surface area (TPSA) is 20.2 Å². The molecule has 0 aromatic carbocycles. The Balaban J connectivity index is 3.31. The van der Waals surface area contributed by atoms with E-state index in [9.17, 15) is 5.11 Å². The van der Waals surface area contributed by atoms with Gasteiger partial charge in [-0.2, -0.15) is 0 Å². The number of aliphatic hydroxyl groups excluding tert-OH is 1. The first-order chi connectivity index (χ1) is 9.48. The predicted octanol–water partition coefficient (Wildman–Crippen LogP) is 5.71. The lowest BCUT2D eigenvalue weighted by atomic mass is 9.89. The first-order valence-corrected chi connectivity index (χ1v) is 8.65. The molecule has 118 valence electrons. The van der Waals surface area contributed by atoms with Gasteiger partial charge in [0.05, 0.1) is 0 Å². The van der Waals surface area contributed by atoms with Gasteiger partial charge in [-0.3, -0.25) is 0 Å². The highest BCUT2D eigenvalue weighted by molar-refractivity contribution is 5.07. The van der Waals surface area contributed by atoms with Crippen LogP contribution in [0.2, 0.25) is 0 Å². The first-order valence-electron chi connectivity index (χ1n) is 8.65. The average molecular weight is 280 g/mol. The molecular weight excluding hydrogens is 244 g/mol. The summed E-state index contributed by atoms with van der Waals surface area (Å²) in [6.45, 7) is 8.33. The van der Waals surface area contributed by atoms with Crippen LogP contribution in [0.25, 0.3) is 0 Å². The van der Waals surface area contributed by atoms with Gasteiger partial charge in [-0.1, -0.05) is 91.4 Å². The van der Waals surface area contributed by atoms with Crippen LogP contribution >= 0.6 is 0 Å². The van der Waals surface area contributed by atoms with Gasteiger partial charge in [0.1, 0.15) is 6.10 Å². The molecule has 0 saturated carbocycles. The Morgan fingerprint density at radius 1 is 0.800 bits per heavy atom. The minimum absolute atomic E-state index is 0.120. The van der Waals surface area contributed by atoms with Crippen LogP contribution in [0.3, 0.4) is 0 Å². The molecule has 0 aliphatic heterocycles. The molecule has 0 aromatic rings. The van der Waals surface area contributed by atoms with Gasteiger partial charge in [-0.05, 0) is 11.8 Å². The standard InChI is InChI=1S/C19H36O/c1-5-6-7-8-9-10-11-12-13-14-15-16-17-18(20)19(2,3)4/h18,20H,5-15H2,1-4H3. The minimum atomic E-state index is -0.495. The van der Waals surface area contributed by atoms with Crippen molar-refractivity contribution in [1.82, 2.24) is 0 Å². The maximum absolute atomic E-state index is 9.77. The Morgan fingerprint density at radius 3 is 1.70 bits per heavy atom. The molecule has 0 aliphatic rings. The summed E-state index contributed by atoms with van der Waals surface area (Å²) in [7, 11) is 0. The molecule has 1 heteroatoms. The average Bonchev–Trinajstić information content (AvgIpc) is 2.38. The third kappa shape index (κ3) is 12.5. The molecule has 0 radical (unpaired) electrons. The summed E-state index contributed by atoms with van der Waals surface area (Å²) in [4.78, 5) is 0. The van der Waals surface area contributed by atoms with Gasteiger partial charge in [0, 0.05) is 6.42 Å². The Hall–Kier alpha value is -0.480. The summed E-state index contributed by atoms with van der Waals surface area (Å²) in [5.74, 6) is 6.08. The van der Waals surface area contributed by atoms with Crippen LogP contribution in [0, 0.1) is 17.3 Å². The van der Waals surface area contributed by atoms with Crippen LogP contribution in [0.1, 0.15) is 98.3 Å². The Kier molecular flexibility index (Phi) is 12.0. The van der Waals surface area contributed by atoms with Gasteiger partial charge < -0.3 is 5.11 Å². The summed E-state index contributed by atoms with van der Waals surface area (Å²) in [5.41, 5.74) is -0.120. The van der Waals surface area contributed by atoms with Gasteiger partial charge in [-0.15, -0.1) is 5.92 Å². The molecule has 20 heavy (non-hydrogen) atoms. The van der Waals surface area contributed by atoms with Crippen molar-refractivity contribution >= 4 is 0 Å². The van der Waals surface area contributed by atoms with E-state index in [2.05, 4.69) is 18.8 Å². The summed E-state index contributed by atoms with van der Waals surface area (Å²) in [6.07, 6.45) is 14.0. The molecule has 0 heterocycles. The van der Waals surface area contributed by atoms with Crippen molar-refractivity contribution in [3.8, 4) is 11.8 Å². The van der Waals surface area contributed by atoms with Crippen LogP contribution in [0.5, 0.6) is 0 Å². The van der Waals surface area contributed by atoms with Crippen molar-refractivity contribution in [2.45, 2.75) is 104 Å². The van der Waals surface area contributed by atoms with Crippen molar-refractivity contribution in [3.05, 3.63) is 0 Å². The summed E-state index contributed by atoms with van der Waals surface area (Å²) in [6, 6.07) is 0. The van der Waals surface area contributed by atoms with E-state index in [1.807, 2.05) is 20.8 Å². The van der Waals surface area contributed by atoms with E-state index < -0.39 is 6.10 Å². The lowest BCUT2D eigenvalue weighted by Crippen LogP contribution is -2.23. The van der Waals surface area contributed by atoms with E-state index in [0.29, 0.717) is 0 Å². The lowest BCUT2D eigenvalue weighted by molar-refractivity contribution is 0.114. The van der Waals surface area contributed by atoms with Crippen molar-refractivity contribution in [2.75, 3.05) is 0 Å². The van der Waals surface area contributed by atoms with Crippen LogP contribution in [0.15, 0.2) is 0 Å². The number of unbranched alkanes of at least 4 members (excludes halogenated alkanes) is 10. The van der Waals surface area contributed by atoms with Crippen molar-refractivity contribution < 1.29 is 5.11 Å². The number of hydrogen-bond donors (Lipinski definition) is 1. The predicted molar refractivity (Wildman–Crippen MR) is 89.7 cm³/mol. The maximum Gasteiger partial charge on any atom is 0.119 e. The zero-order valence-electron chi connectivity index (χ0n) is 14.3. The Labute approximate surface area is 127 Å². The maximum atomic E-state index is 9.77. The highest BCUT2D eigenvalue weighted by Crippen LogP contribution is 2.18. The molecule has 0 aromatic heterocycles. The molecular formula is C19H36O. The number of aliphatic hydroxyl groups is 1. The molecule has 0 spiro atoms. The molecule has 0 bridgehead atoms. The van der Waals surface area contributed by atoms with E-state index in [1.54, 1.807) is 0 Å². The molecule has 0 rings (SSSR count). The smallest absolute Gasteiger partial charge is 0.119 e. The number of hydrogen-bond acceptors (Lipinski definition) is 1. The van der Waals surface area contributed by atoms with Crippen molar-refractivity contribution in [1.29, 1.82) is 0 Å². The van der Waals surface area contributed by atoms with Crippen LogP contribution in [0.4, 0.5) is 0 Å². The quantitative estimate of drug-likeness (QED) is 0.401. The molecule has 1 N–H and O–H groups in total. The van der Waals surface area contributed by atoms with E-state index in [1.165, 1.54) is 64.2 Å². The molecule has 0 saturated heterocycles. The van der Waals surface area contributed by atoms with E-state index in [4.69, 9.17) is 0 Å². The normalized spacial score (nSPS) is 12.8. The van der Waals surface area contributed by atoms with Gasteiger partial charge in [0.2, 0.25) is 0 Å². The second-order valence-electron chi connectivity index (χ2n) is 7.02. The van der Waals surface area contributed by atoms with E-state index >= 15 is 0 Å². The first kappa shape index (κ1) is 19.5. The van der Waals surface area contributed by atoms with Gasteiger partial charge in [0.25, 0.3) is 0 Å². The monoisotopic (exact) mass is 280 g/mol. The minimum Gasteiger partial charge on any atom is -0.380 e. The fraction of sp³-hybridized carbons (Fsp3) is 0.895. The van der Waals surface area contributed by atoms with Crippen LogP contribution in [-0.2, 0) is 0 Å². The van der Waals surface area contributed by atoms with Crippen LogP contribution < -0.4 is 0 Å². The molecule has 1 nitrogen and oxygen atoms in total. The fourth-order valence-corrected chi connectivity index (χ4v) is 2.09. The lowest BCUT2D eigenvalue weighted by Gasteiger charge is -2.20. The third-order valence-electron chi connectivity index (χ3n) is 3.71. The zero-order valence-corrected chi connectivity index (χ0v) is 14.3. The summed E-state index contributed by atoms with van der Waals surface area (Å²) in [5, 5.41) is 9.77. The highest BCUT2D eigenvalue weighted by atomic mass is 16.3. The summed E-state index contributed by atoms with van der Waals surface area (Å²) >= 11 is 0. The van der Waals surface area contributed by atoms with Gasteiger partial charge in [0.15, 0.2) is 0 Å². The van der Waals surface area contributed by atoms with E-state index in [-0.39, 0.29) is 5.41 Å². The molecule has 1 unspecified atom stereocenters. The largest absolute Gasteiger partial charge is 0.380 e. The molecule has 0 fully saturated rings. The zero-order chi connectivity index (χ0) is 15.3. The Morgan fingerprint density at radius 2 is 1.25 bits per heavy atom. The molecule has 1 atom stereocenters. The van der Waals surface area contributed by atoms with E-state index in [0.717, 1.165) is 6.42 Å². The Bertz CT molecular complexity index is 264. The SMILES string of the molecule is CCCCCCCCCCCCC#CC(O)C(C)(C)C. The highest BCUT2D eigenvalue weighted by Gasteiger charge is 2.19. The van der Waals surface area contributed by atoms with Crippen LogP contribution in [-0.4, -0.2) is 11.2 Å². The second kappa shape index (κ2) is 12.3. The summed E-state index contributed by atoms with van der Waals surface area (Å²) < 4.78 is 0. The van der Waals surface area contributed by atoms with Gasteiger partial charge >= 0.3 is 0 Å². The third-order valence-corrected chi connectivity index (χ3v) is 3.71.